The maximum absolute atomic E-state index is 4.41. The van der Waals surface area contributed by atoms with Gasteiger partial charge in [0.1, 0.15) is 11.6 Å². The van der Waals surface area contributed by atoms with Crippen molar-refractivity contribution in [1.82, 2.24) is 25.0 Å². The Kier molecular flexibility index (Phi) is 12.4. The topological polar surface area (TPSA) is 58.3 Å². The van der Waals surface area contributed by atoms with Crippen molar-refractivity contribution < 1.29 is 0 Å². The standard InChI is InChI=1S/C20H36N6.HI/c1-4-5-6-7-10-16-25(3)20(21-2)22-15-12-14-19-24-23-18-13-9-8-11-17-26(18)19;/h4H,1,5-17H2,2-3H3,(H,21,22);1H. The lowest BCUT2D eigenvalue weighted by Crippen LogP contribution is -2.39. The molecular weight excluding hydrogens is 451 g/mol. The lowest BCUT2D eigenvalue weighted by Gasteiger charge is -2.22. The van der Waals surface area contributed by atoms with Gasteiger partial charge in [-0.2, -0.15) is 0 Å². The molecule has 2 rings (SSSR count). The molecule has 0 fully saturated rings. The number of allylic oxidation sites excluding steroid dienone is 1. The van der Waals surface area contributed by atoms with Crippen molar-refractivity contribution in [2.45, 2.75) is 70.8 Å². The number of aromatic nitrogens is 3. The van der Waals surface area contributed by atoms with Crippen LogP contribution in [0.15, 0.2) is 17.6 Å². The third-order valence-electron chi connectivity index (χ3n) is 5.02. The van der Waals surface area contributed by atoms with Crippen molar-refractivity contribution >= 4 is 29.9 Å². The van der Waals surface area contributed by atoms with Crippen molar-refractivity contribution in [2.75, 3.05) is 27.2 Å². The summed E-state index contributed by atoms with van der Waals surface area (Å²) in [5.74, 6) is 3.31. The summed E-state index contributed by atoms with van der Waals surface area (Å²) in [6.45, 7) is 6.81. The Bertz CT molecular complexity index is 569. The molecule has 1 aliphatic rings. The van der Waals surface area contributed by atoms with Gasteiger partial charge < -0.3 is 14.8 Å². The molecule has 1 aromatic heterocycles. The second kappa shape index (κ2) is 14.0. The predicted octanol–water partition coefficient (Wildman–Crippen LogP) is 3.81. The lowest BCUT2D eigenvalue weighted by molar-refractivity contribution is 0.454. The molecule has 27 heavy (non-hydrogen) atoms. The second-order valence-electron chi connectivity index (χ2n) is 7.13. The fourth-order valence-electron chi connectivity index (χ4n) is 3.48. The Balaban J connectivity index is 0.00000364. The first-order valence-corrected chi connectivity index (χ1v) is 10.2. The summed E-state index contributed by atoms with van der Waals surface area (Å²) in [5, 5.41) is 12.3. The summed E-state index contributed by atoms with van der Waals surface area (Å²) in [5.41, 5.74) is 0. The fourth-order valence-corrected chi connectivity index (χ4v) is 3.48. The number of nitrogens with zero attached hydrogens (tertiary/aromatic N) is 5. The van der Waals surface area contributed by atoms with Gasteiger partial charge in [-0.15, -0.1) is 40.8 Å². The molecule has 0 saturated carbocycles. The van der Waals surface area contributed by atoms with Crippen LogP contribution in [-0.2, 0) is 19.4 Å². The van der Waals surface area contributed by atoms with Crippen molar-refractivity contribution in [3.05, 3.63) is 24.3 Å². The van der Waals surface area contributed by atoms with Crippen LogP contribution < -0.4 is 5.32 Å². The first-order chi connectivity index (χ1) is 12.8. The molecule has 154 valence electrons. The van der Waals surface area contributed by atoms with Gasteiger partial charge in [0.2, 0.25) is 0 Å². The molecule has 0 aliphatic carbocycles. The van der Waals surface area contributed by atoms with E-state index in [2.05, 4.69) is 43.6 Å². The highest BCUT2D eigenvalue weighted by Crippen LogP contribution is 2.15. The number of unbranched alkanes of at least 4 members (excludes halogenated alkanes) is 3. The van der Waals surface area contributed by atoms with Crippen LogP contribution in [0.2, 0.25) is 0 Å². The third kappa shape index (κ3) is 8.19. The summed E-state index contributed by atoms with van der Waals surface area (Å²) in [4.78, 5) is 6.62. The van der Waals surface area contributed by atoms with Crippen LogP contribution >= 0.6 is 24.0 Å². The molecule has 0 aromatic carbocycles. The quantitative estimate of drug-likeness (QED) is 0.179. The zero-order chi connectivity index (χ0) is 18.6. The van der Waals surface area contributed by atoms with Crippen LogP contribution in [-0.4, -0.2) is 52.8 Å². The number of rotatable bonds is 10. The molecule has 1 aliphatic heterocycles. The van der Waals surface area contributed by atoms with E-state index in [0.29, 0.717) is 0 Å². The van der Waals surface area contributed by atoms with Crippen LogP contribution in [0.25, 0.3) is 0 Å². The first-order valence-electron chi connectivity index (χ1n) is 10.2. The van der Waals surface area contributed by atoms with Crippen molar-refractivity contribution in [3.8, 4) is 0 Å². The number of hydrogen-bond donors (Lipinski definition) is 1. The molecule has 0 amide bonds. The van der Waals surface area contributed by atoms with Gasteiger partial charge in [0.15, 0.2) is 5.96 Å². The van der Waals surface area contributed by atoms with Crippen LogP contribution in [0.4, 0.5) is 0 Å². The highest BCUT2D eigenvalue weighted by molar-refractivity contribution is 14.0. The van der Waals surface area contributed by atoms with Crippen LogP contribution in [0.3, 0.4) is 0 Å². The minimum atomic E-state index is 0. The number of guanidine groups is 1. The molecule has 1 N–H and O–H groups in total. The highest BCUT2D eigenvalue weighted by Gasteiger charge is 2.14. The molecule has 0 spiro atoms. The number of nitrogens with one attached hydrogen (secondary N) is 1. The van der Waals surface area contributed by atoms with Gasteiger partial charge in [0.05, 0.1) is 0 Å². The predicted molar refractivity (Wildman–Crippen MR) is 124 cm³/mol. The monoisotopic (exact) mass is 488 g/mol. The Hall–Kier alpha value is -1.12. The summed E-state index contributed by atoms with van der Waals surface area (Å²) < 4.78 is 2.34. The number of hydrogen-bond acceptors (Lipinski definition) is 3. The van der Waals surface area contributed by atoms with Gasteiger partial charge in [-0.1, -0.05) is 18.9 Å². The molecule has 0 radical (unpaired) electrons. The van der Waals surface area contributed by atoms with Gasteiger partial charge in [-0.05, 0) is 38.5 Å². The van der Waals surface area contributed by atoms with Gasteiger partial charge in [0, 0.05) is 46.6 Å². The van der Waals surface area contributed by atoms with Crippen LogP contribution in [0.5, 0.6) is 0 Å². The minimum Gasteiger partial charge on any atom is -0.356 e. The van der Waals surface area contributed by atoms with Gasteiger partial charge in [0.25, 0.3) is 0 Å². The Labute approximate surface area is 181 Å². The first kappa shape index (κ1) is 23.9. The number of aliphatic imine (C=N–C) groups is 1. The zero-order valence-corrected chi connectivity index (χ0v) is 19.5. The molecule has 1 aromatic rings. The number of fused-ring (bicyclic) bond motifs is 1. The Morgan fingerprint density at radius 2 is 2.07 bits per heavy atom. The van der Waals surface area contributed by atoms with E-state index in [-0.39, 0.29) is 24.0 Å². The van der Waals surface area contributed by atoms with E-state index in [4.69, 9.17) is 0 Å². The normalized spacial score (nSPS) is 14.1. The van der Waals surface area contributed by atoms with E-state index in [1.165, 1.54) is 44.3 Å². The summed E-state index contributed by atoms with van der Waals surface area (Å²) >= 11 is 0. The van der Waals surface area contributed by atoms with E-state index in [1.54, 1.807) is 0 Å². The zero-order valence-electron chi connectivity index (χ0n) is 17.1. The Morgan fingerprint density at radius 1 is 1.22 bits per heavy atom. The van der Waals surface area contributed by atoms with E-state index >= 15 is 0 Å². The lowest BCUT2D eigenvalue weighted by atomic mass is 10.2. The van der Waals surface area contributed by atoms with Gasteiger partial charge in [-0.3, -0.25) is 4.99 Å². The minimum absolute atomic E-state index is 0. The van der Waals surface area contributed by atoms with E-state index in [9.17, 15) is 0 Å². The van der Waals surface area contributed by atoms with E-state index < -0.39 is 0 Å². The molecule has 0 atom stereocenters. The van der Waals surface area contributed by atoms with E-state index in [1.807, 2.05) is 13.1 Å². The summed E-state index contributed by atoms with van der Waals surface area (Å²) in [7, 11) is 3.97. The average Bonchev–Trinajstić information content (AvgIpc) is 2.88. The molecule has 0 bridgehead atoms. The smallest absolute Gasteiger partial charge is 0.193 e. The van der Waals surface area contributed by atoms with Crippen LogP contribution in [0, 0.1) is 0 Å². The molecule has 0 saturated heterocycles. The summed E-state index contributed by atoms with van der Waals surface area (Å²) in [6, 6.07) is 0. The van der Waals surface area contributed by atoms with Crippen molar-refractivity contribution in [2.24, 2.45) is 4.99 Å². The average molecular weight is 488 g/mol. The SMILES string of the molecule is C=CCCCCCN(C)C(=NC)NCCCc1nnc2n1CCCCC2.I. The number of aryl methyl sites for hydroxylation is 2. The Morgan fingerprint density at radius 3 is 2.85 bits per heavy atom. The largest absolute Gasteiger partial charge is 0.356 e. The van der Waals surface area contributed by atoms with Crippen molar-refractivity contribution in [3.63, 3.8) is 0 Å². The van der Waals surface area contributed by atoms with Crippen LogP contribution in [0.1, 0.15) is 63.0 Å². The van der Waals surface area contributed by atoms with Gasteiger partial charge in [-0.25, -0.2) is 0 Å². The third-order valence-corrected chi connectivity index (χ3v) is 5.02. The second-order valence-corrected chi connectivity index (χ2v) is 7.13. The maximum Gasteiger partial charge on any atom is 0.193 e. The van der Waals surface area contributed by atoms with Crippen molar-refractivity contribution in [1.29, 1.82) is 0 Å². The maximum atomic E-state index is 4.41. The van der Waals surface area contributed by atoms with Gasteiger partial charge >= 0.3 is 0 Å². The molecular formula is C20H37IN6. The molecule has 7 heteroatoms. The highest BCUT2D eigenvalue weighted by atomic mass is 127. The summed E-state index contributed by atoms with van der Waals surface area (Å²) in [6.07, 6.45) is 13.7. The fraction of sp³-hybridized carbons (Fsp3) is 0.750. The van der Waals surface area contributed by atoms with E-state index in [0.717, 1.165) is 57.1 Å². The molecule has 6 nitrogen and oxygen atoms in total. The molecule has 0 unspecified atom stereocenters. The number of halogens is 1. The molecule has 2 heterocycles.